The number of rotatable bonds is 7. The summed E-state index contributed by atoms with van der Waals surface area (Å²) in [5, 5.41) is 4.29. The summed E-state index contributed by atoms with van der Waals surface area (Å²) in [6, 6.07) is 8.99. The van der Waals surface area contributed by atoms with E-state index in [-0.39, 0.29) is 0 Å². The van der Waals surface area contributed by atoms with Gasteiger partial charge in [-0.2, -0.15) is 11.8 Å². The molecule has 0 spiro atoms. The highest BCUT2D eigenvalue weighted by atomic mass is 32.2. The smallest absolute Gasteiger partial charge is 0.0340 e. The molecule has 2 heteroatoms. The van der Waals surface area contributed by atoms with Crippen molar-refractivity contribution in [3.8, 4) is 0 Å². The summed E-state index contributed by atoms with van der Waals surface area (Å²) < 4.78 is 0. The van der Waals surface area contributed by atoms with E-state index in [9.17, 15) is 0 Å². The van der Waals surface area contributed by atoms with E-state index in [2.05, 4.69) is 43.4 Å². The van der Waals surface area contributed by atoms with Crippen molar-refractivity contribution in [2.75, 3.05) is 11.9 Å². The minimum atomic E-state index is 0.711. The van der Waals surface area contributed by atoms with E-state index in [1.807, 2.05) is 11.8 Å². The van der Waals surface area contributed by atoms with Gasteiger partial charge in [0.15, 0.2) is 0 Å². The third kappa shape index (κ3) is 5.78. The Labute approximate surface area is 128 Å². The molecule has 1 aliphatic carbocycles. The molecule has 0 heterocycles. The summed E-state index contributed by atoms with van der Waals surface area (Å²) in [5.41, 5.74) is 2.71. The zero-order valence-electron chi connectivity index (χ0n) is 13.0. The molecule has 2 rings (SSSR count). The van der Waals surface area contributed by atoms with Crippen molar-refractivity contribution in [3.63, 3.8) is 0 Å². The fourth-order valence-corrected chi connectivity index (χ4v) is 3.60. The van der Waals surface area contributed by atoms with Crippen LogP contribution in [0.2, 0.25) is 0 Å². The van der Waals surface area contributed by atoms with Crippen LogP contribution in [-0.2, 0) is 5.75 Å². The van der Waals surface area contributed by atoms with E-state index in [1.54, 1.807) is 0 Å². The van der Waals surface area contributed by atoms with Crippen molar-refractivity contribution < 1.29 is 0 Å². The highest BCUT2D eigenvalue weighted by Gasteiger charge is 2.12. The summed E-state index contributed by atoms with van der Waals surface area (Å²) in [6.07, 6.45) is 8.60. The molecule has 20 heavy (non-hydrogen) atoms. The number of thioether (sulfide) groups is 1. The molecular formula is C18H29NS. The zero-order chi connectivity index (χ0) is 14.2. The average molecular weight is 292 g/mol. The molecule has 0 aliphatic heterocycles. The second-order valence-electron chi connectivity index (χ2n) is 6.28. The topological polar surface area (TPSA) is 12.0 Å². The second-order valence-corrected chi connectivity index (χ2v) is 7.84. The molecule has 1 nitrogen and oxygen atoms in total. The Kier molecular flexibility index (Phi) is 6.78. The molecule has 112 valence electrons. The minimum Gasteiger partial charge on any atom is -0.385 e. The predicted molar refractivity (Wildman–Crippen MR) is 92.6 cm³/mol. The van der Waals surface area contributed by atoms with Gasteiger partial charge in [-0.05, 0) is 35.3 Å². The van der Waals surface area contributed by atoms with Crippen LogP contribution in [-0.4, -0.2) is 11.8 Å². The van der Waals surface area contributed by atoms with Crippen LogP contribution in [0.3, 0.4) is 0 Å². The van der Waals surface area contributed by atoms with Crippen molar-refractivity contribution in [2.24, 2.45) is 5.92 Å². The molecule has 1 aliphatic rings. The standard InChI is InChI=1S/C18H29NS/c1-15(2)20-14-17-8-10-18(11-9-17)19-13-12-16-6-4-3-5-7-16/h8-11,15-16,19H,3-7,12-14H2,1-2H3. The van der Waals surface area contributed by atoms with Crippen molar-refractivity contribution in [1.29, 1.82) is 0 Å². The second kappa shape index (κ2) is 8.61. The van der Waals surface area contributed by atoms with Crippen molar-refractivity contribution in [1.82, 2.24) is 0 Å². The number of anilines is 1. The normalized spacial score (nSPS) is 16.6. The number of nitrogens with one attached hydrogen (secondary N) is 1. The molecule has 0 aromatic heterocycles. The van der Waals surface area contributed by atoms with Crippen molar-refractivity contribution in [2.45, 2.75) is 63.4 Å². The van der Waals surface area contributed by atoms with E-state index in [0.29, 0.717) is 5.25 Å². The summed E-state index contributed by atoms with van der Waals surface area (Å²) in [6.45, 7) is 5.64. The first-order chi connectivity index (χ1) is 9.74. The van der Waals surface area contributed by atoms with Crippen LogP contribution >= 0.6 is 11.8 Å². The fourth-order valence-electron chi connectivity index (χ4n) is 2.88. The Morgan fingerprint density at radius 3 is 2.45 bits per heavy atom. The minimum absolute atomic E-state index is 0.711. The van der Waals surface area contributed by atoms with Gasteiger partial charge in [-0.15, -0.1) is 0 Å². The van der Waals surface area contributed by atoms with Crippen LogP contribution < -0.4 is 5.32 Å². The van der Waals surface area contributed by atoms with Crippen molar-refractivity contribution >= 4 is 17.4 Å². The lowest BCUT2D eigenvalue weighted by atomic mass is 9.87. The molecule has 1 aromatic rings. The molecule has 0 radical (unpaired) electrons. The van der Waals surface area contributed by atoms with E-state index in [1.165, 1.54) is 49.8 Å². The Bertz CT molecular complexity index is 366. The summed E-state index contributed by atoms with van der Waals surface area (Å²) >= 11 is 2.01. The van der Waals surface area contributed by atoms with Gasteiger partial charge in [0, 0.05) is 18.0 Å². The van der Waals surface area contributed by atoms with Crippen LogP contribution in [0.4, 0.5) is 5.69 Å². The Morgan fingerprint density at radius 2 is 1.80 bits per heavy atom. The van der Waals surface area contributed by atoms with Crippen LogP contribution in [0.5, 0.6) is 0 Å². The van der Waals surface area contributed by atoms with E-state index in [0.717, 1.165) is 18.2 Å². The van der Waals surface area contributed by atoms with E-state index >= 15 is 0 Å². The molecule has 1 aromatic carbocycles. The van der Waals surface area contributed by atoms with E-state index < -0.39 is 0 Å². The van der Waals surface area contributed by atoms with Crippen LogP contribution in [0.1, 0.15) is 57.9 Å². The third-order valence-electron chi connectivity index (χ3n) is 4.14. The van der Waals surface area contributed by atoms with Gasteiger partial charge in [0.25, 0.3) is 0 Å². The largest absolute Gasteiger partial charge is 0.385 e. The lowest BCUT2D eigenvalue weighted by Crippen LogP contribution is -2.12. The number of hydrogen-bond donors (Lipinski definition) is 1. The average Bonchev–Trinajstić information content (AvgIpc) is 2.47. The van der Waals surface area contributed by atoms with Crippen molar-refractivity contribution in [3.05, 3.63) is 29.8 Å². The summed E-state index contributed by atoms with van der Waals surface area (Å²) in [4.78, 5) is 0. The lowest BCUT2D eigenvalue weighted by Gasteiger charge is -2.21. The molecule has 1 fully saturated rings. The Balaban J connectivity index is 1.67. The van der Waals surface area contributed by atoms with E-state index in [4.69, 9.17) is 0 Å². The lowest BCUT2D eigenvalue weighted by molar-refractivity contribution is 0.345. The maximum absolute atomic E-state index is 3.58. The van der Waals surface area contributed by atoms with Gasteiger partial charge in [0.05, 0.1) is 0 Å². The highest BCUT2D eigenvalue weighted by molar-refractivity contribution is 7.99. The summed E-state index contributed by atoms with van der Waals surface area (Å²) in [5.74, 6) is 2.10. The highest BCUT2D eigenvalue weighted by Crippen LogP contribution is 2.26. The van der Waals surface area contributed by atoms with Crippen LogP contribution in [0, 0.1) is 5.92 Å². The van der Waals surface area contributed by atoms with Gasteiger partial charge in [-0.25, -0.2) is 0 Å². The van der Waals surface area contributed by atoms with Gasteiger partial charge in [-0.3, -0.25) is 0 Å². The first kappa shape index (κ1) is 15.8. The zero-order valence-corrected chi connectivity index (χ0v) is 13.8. The Hall–Kier alpha value is -0.630. The predicted octanol–water partition coefficient (Wildman–Crippen LogP) is 5.71. The van der Waals surface area contributed by atoms with Crippen LogP contribution in [0.15, 0.2) is 24.3 Å². The Morgan fingerprint density at radius 1 is 1.10 bits per heavy atom. The van der Waals surface area contributed by atoms with Crippen LogP contribution in [0.25, 0.3) is 0 Å². The van der Waals surface area contributed by atoms with Gasteiger partial charge in [0.2, 0.25) is 0 Å². The monoisotopic (exact) mass is 291 g/mol. The fraction of sp³-hybridized carbons (Fsp3) is 0.667. The molecule has 0 bridgehead atoms. The van der Waals surface area contributed by atoms with Gasteiger partial charge < -0.3 is 5.32 Å². The van der Waals surface area contributed by atoms with Gasteiger partial charge >= 0.3 is 0 Å². The molecule has 1 saturated carbocycles. The molecule has 1 N–H and O–H groups in total. The molecule has 0 atom stereocenters. The van der Waals surface area contributed by atoms with Gasteiger partial charge in [0.1, 0.15) is 0 Å². The SMILES string of the molecule is CC(C)SCc1ccc(NCCC2CCCCC2)cc1. The molecular weight excluding hydrogens is 262 g/mol. The maximum Gasteiger partial charge on any atom is 0.0340 e. The maximum atomic E-state index is 3.58. The first-order valence-electron chi connectivity index (χ1n) is 8.18. The summed E-state index contributed by atoms with van der Waals surface area (Å²) in [7, 11) is 0. The first-order valence-corrected chi connectivity index (χ1v) is 9.23. The van der Waals surface area contributed by atoms with Gasteiger partial charge in [-0.1, -0.05) is 58.1 Å². The molecule has 0 unspecified atom stereocenters. The molecule has 0 amide bonds. The molecule has 0 saturated heterocycles. The number of hydrogen-bond acceptors (Lipinski definition) is 2. The third-order valence-corrected chi connectivity index (χ3v) is 5.31. The number of benzene rings is 1. The quantitative estimate of drug-likeness (QED) is 0.690.